The second kappa shape index (κ2) is 7.67. The predicted molar refractivity (Wildman–Crippen MR) is 92.4 cm³/mol. The Morgan fingerprint density at radius 1 is 1.23 bits per heavy atom. The van der Waals surface area contributed by atoms with Gasteiger partial charge in [0.05, 0.1) is 6.54 Å². The van der Waals surface area contributed by atoms with E-state index in [1.807, 2.05) is 17.8 Å². The molecule has 2 saturated heterocycles. The standard InChI is InChI=1S/C15H24N6S/c16-14(19-12-13-4-1-2-11-22-13)20-7-9-21(10-8-20)15-17-5-3-6-18-15/h3,5-6,13H,1-2,4,7-12H2,(H2,16,19). The number of nitrogens with zero attached hydrogens (tertiary/aromatic N) is 5. The number of rotatable bonds is 3. The largest absolute Gasteiger partial charge is 0.370 e. The van der Waals surface area contributed by atoms with Crippen LogP contribution in [0.25, 0.3) is 0 Å². The molecule has 6 nitrogen and oxygen atoms in total. The van der Waals surface area contributed by atoms with Crippen molar-refractivity contribution in [3.63, 3.8) is 0 Å². The number of nitrogens with two attached hydrogens (primary N) is 1. The average Bonchev–Trinajstić information content (AvgIpc) is 2.61. The highest BCUT2D eigenvalue weighted by atomic mass is 32.2. The van der Waals surface area contributed by atoms with Gasteiger partial charge in [-0.25, -0.2) is 9.97 Å². The molecule has 0 saturated carbocycles. The fraction of sp³-hybridized carbons (Fsp3) is 0.667. The first-order chi connectivity index (χ1) is 10.8. The number of guanidine groups is 1. The lowest BCUT2D eigenvalue weighted by Gasteiger charge is -2.35. The first-order valence-electron chi connectivity index (χ1n) is 8.01. The first kappa shape index (κ1) is 15.4. The van der Waals surface area contributed by atoms with Crippen molar-refractivity contribution < 1.29 is 0 Å². The third-order valence-corrected chi connectivity index (χ3v) is 5.55. The van der Waals surface area contributed by atoms with Crippen LogP contribution in [0.15, 0.2) is 23.5 Å². The van der Waals surface area contributed by atoms with E-state index in [0.717, 1.165) is 38.7 Å². The van der Waals surface area contributed by atoms with Gasteiger partial charge in [-0.3, -0.25) is 4.99 Å². The van der Waals surface area contributed by atoms with Gasteiger partial charge in [0.15, 0.2) is 5.96 Å². The normalized spacial score (nSPS) is 23.6. The summed E-state index contributed by atoms with van der Waals surface area (Å²) >= 11 is 2.04. The van der Waals surface area contributed by atoms with Crippen LogP contribution in [0.5, 0.6) is 0 Å². The third-order valence-electron chi connectivity index (χ3n) is 4.17. The maximum absolute atomic E-state index is 6.17. The van der Waals surface area contributed by atoms with Crippen molar-refractivity contribution >= 4 is 23.7 Å². The van der Waals surface area contributed by atoms with E-state index in [-0.39, 0.29) is 0 Å². The molecule has 7 heteroatoms. The molecule has 0 spiro atoms. The summed E-state index contributed by atoms with van der Waals surface area (Å²) < 4.78 is 0. The summed E-state index contributed by atoms with van der Waals surface area (Å²) in [5, 5.41) is 0.659. The van der Waals surface area contributed by atoms with Crippen LogP contribution in [0, 0.1) is 0 Å². The number of hydrogen-bond acceptors (Lipinski definition) is 5. The van der Waals surface area contributed by atoms with E-state index in [1.54, 1.807) is 12.4 Å². The van der Waals surface area contributed by atoms with Gasteiger partial charge in [-0.15, -0.1) is 0 Å². The molecule has 0 amide bonds. The topological polar surface area (TPSA) is 70.6 Å². The van der Waals surface area contributed by atoms with Crippen molar-refractivity contribution in [1.29, 1.82) is 0 Å². The van der Waals surface area contributed by atoms with Crippen LogP contribution in [0.3, 0.4) is 0 Å². The Morgan fingerprint density at radius 3 is 2.68 bits per heavy atom. The molecule has 3 rings (SSSR count). The zero-order chi connectivity index (χ0) is 15.2. The molecule has 120 valence electrons. The lowest BCUT2D eigenvalue weighted by molar-refractivity contribution is 0.378. The summed E-state index contributed by atoms with van der Waals surface area (Å²) in [5.41, 5.74) is 6.17. The van der Waals surface area contributed by atoms with Crippen molar-refractivity contribution in [2.45, 2.75) is 24.5 Å². The minimum atomic E-state index is 0.659. The Balaban J connectivity index is 1.48. The molecule has 2 aliphatic rings. The summed E-state index contributed by atoms with van der Waals surface area (Å²) in [5.74, 6) is 2.77. The molecule has 3 heterocycles. The monoisotopic (exact) mass is 320 g/mol. The van der Waals surface area contributed by atoms with Crippen molar-refractivity contribution in [1.82, 2.24) is 14.9 Å². The fourth-order valence-corrected chi connectivity index (χ4v) is 4.05. The molecule has 0 aromatic carbocycles. The summed E-state index contributed by atoms with van der Waals surface area (Å²) in [6.07, 6.45) is 7.53. The first-order valence-corrected chi connectivity index (χ1v) is 9.06. The Bertz CT molecular complexity index is 480. The van der Waals surface area contributed by atoms with Crippen LogP contribution >= 0.6 is 11.8 Å². The van der Waals surface area contributed by atoms with Gasteiger partial charge in [0.1, 0.15) is 0 Å². The number of aromatic nitrogens is 2. The quantitative estimate of drug-likeness (QED) is 0.666. The Hall–Kier alpha value is -1.50. The van der Waals surface area contributed by atoms with Crippen LogP contribution in [0.2, 0.25) is 0 Å². The van der Waals surface area contributed by atoms with Crippen molar-refractivity contribution in [3.05, 3.63) is 18.5 Å². The maximum Gasteiger partial charge on any atom is 0.225 e. The van der Waals surface area contributed by atoms with Crippen LogP contribution in [0.1, 0.15) is 19.3 Å². The number of anilines is 1. The van der Waals surface area contributed by atoms with Gasteiger partial charge in [0.2, 0.25) is 5.95 Å². The van der Waals surface area contributed by atoms with Crippen molar-refractivity contribution in [2.75, 3.05) is 43.4 Å². The molecular weight excluding hydrogens is 296 g/mol. The lowest BCUT2D eigenvalue weighted by atomic mass is 10.2. The number of hydrogen-bond donors (Lipinski definition) is 1. The number of aliphatic imine (C=N–C) groups is 1. The van der Waals surface area contributed by atoms with Gasteiger partial charge in [-0.05, 0) is 24.7 Å². The van der Waals surface area contributed by atoms with Gasteiger partial charge in [0.25, 0.3) is 0 Å². The molecule has 1 aromatic heterocycles. The van der Waals surface area contributed by atoms with Gasteiger partial charge in [-0.1, -0.05) is 6.42 Å². The lowest BCUT2D eigenvalue weighted by Crippen LogP contribution is -2.51. The zero-order valence-electron chi connectivity index (χ0n) is 12.9. The number of piperazine rings is 1. The SMILES string of the molecule is NC(=NCC1CCCCS1)N1CCN(c2ncccn2)CC1. The molecule has 1 aromatic rings. The van der Waals surface area contributed by atoms with Gasteiger partial charge in [-0.2, -0.15) is 11.8 Å². The van der Waals surface area contributed by atoms with E-state index in [9.17, 15) is 0 Å². The van der Waals surface area contributed by atoms with Crippen LogP contribution in [-0.2, 0) is 0 Å². The molecule has 1 atom stereocenters. The molecule has 2 fully saturated rings. The molecule has 1 unspecified atom stereocenters. The fourth-order valence-electron chi connectivity index (χ4n) is 2.84. The highest BCUT2D eigenvalue weighted by Crippen LogP contribution is 2.25. The van der Waals surface area contributed by atoms with E-state index in [1.165, 1.54) is 25.0 Å². The number of thioether (sulfide) groups is 1. The summed E-state index contributed by atoms with van der Waals surface area (Å²) in [4.78, 5) is 17.6. The average molecular weight is 320 g/mol. The predicted octanol–water partition coefficient (Wildman–Crippen LogP) is 1.20. The molecule has 0 aliphatic carbocycles. The molecule has 22 heavy (non-hydrogen) atoms. The van der Waals surface area contributed by atoms with Crippen LogP contribution < -0.4 is 10.6 Å². The summed E-state index contributed by atoms with van der Waals surface area (Å²) in [7, 11) is 0. The minimum Gasteiger partial charge on any atom is -0.370 e. The smallest absolute Gasteiger partial charge is 0.225 e. The van der Waals surface area contributed by atoms with Crippen molar-refractivity contribution in [2.24, 2.45) is 10.7 Å². The van der Waals surface area contributed by atoms with Gasteiger partial charge >= 0.3 is 0 Å². The van der Waals surface area contributed by atoms with Crippen LogP contribution in [0.4, 0.5) is 5.95 Å². The molecule has 0 bridgehead atoms. The van der Waals surface area contributed by atoms with E-state index in [4.69, 9.17) is 5.73 Å². The Kier molecular flexibility index (Phi) is 5.37. The Morgan fingerprint density at radius 2 is 2.00 bits per heavy atom. The van der Waals surface area contributed by atoms with Gasteiger partial charge in [0, 0.05) is 43.8 Å². The minimum absolute atomic E-state index is 0.659. The summed E-state index contributed by atoms with van der Waals surface area (Å²) in [6.45, 7) is 4.39. The molecule has 2 aliphatic heterocycles. The van der Waals surface area contributed by atoms with E-state index in [2.05, 4.69) is 24.8 Å². The second-order valence-electron chi connectivity index (χ2n) is 5.71. The van der Waals surface area contributed by atoms with E-state index >= 15 is 0 Å². The molecular formula is C15H24N6S. The molecule has 2 N–H and O–H groups in total. The Labute approximate surface area is 136 Å². The van der Waals surface area contributed by atoms with E-state index < -0.39 is 0 Å². The maximum atomic E-state index is 6.17. The van der Waals surface area contributed by atoms with Crippen molar-refractivity contribution in [3.8, 4) is 0 Å². The zero-order valence-corrected chi connectivity index (χ0v) is 13.7. The third kappa shape index (κ3) is 4.03. The van der Waals surface area contributed by atoms with Crippen LogP contribution in [-0.4, -0.2) is 64.6 Å². The second-order valence-corrected chi connectivity index (χ2v) is 7.12. The molecule has 0 radical (unpaired) electrons. The van der Waals surface area contributed by atoms with Gasteiger partial charge < -0.3 is 15.5 Å². The highest BCUT2D eigenvalue weighted by molar-refractivity contribution is 7.99. The van der Waals surface area contributed by atoms with E-state index in [0.29, 0.717) is 11.2 Å². The highest BCUT2D eigenvalue weighted by Gasteiger charge is 2.20. The summed E-state index contributed by atoms with van der Waals surface area (Å²) in [6, 6.07) is 1.84.